The predicted octanol–water partition coefficient (Wildman–Crippen LogP) is 3.92. The van der Waals surface area contributed by atoms with Gasteiger partial charge in [0.25, 0.3) is 0 Å². The van der Waals surface area contributed by atoms with E-state index in [1.54, 1.807) is 6.07 Å². The summed E-state index contributed by atoms with van der Waals surface area (Å²) in [6.45, 7) is 6.57. The Balaban J connectivity index is 2.15. The monoisotopic (exact) mass is 327 g/mol. The third-order valence-corrected chi connectivity index (χ3v) is 3.85. The Kier molecular flexibility index (Phi) is 4.03. The summed E-state index contributed by atoms with van der Waals surface area (Å²) in [5.41, 5.74) is 4.27. The molecule has 8 nitrogen and oxygen atoms in total. The minimum absolute atomic E-state index is 0.116. The first-order chi connectivity index (χ1) is 11.5. The number of rotatable bonds is 5. The number of nitrogens with zero attached hydrogens (tertiary/aromatic N) is 3. The molecule has 3 rings (SSSR count). The van der Waals surface area contributed by atoms with Crippen LogP contribution in [0.5, 0.6) is 0 Å². The van der Waals surface area contributed by atoms with Gasteiger partial charge in [0.2, 0.25) is 5.52 Å². The molecule has 0 fully saturated rings. The molecule has 24 heavy (non-hydrogen) atoms. The molecule has 0 aliphatic carbocycles. The number of hydrogen-bond donors (Lipinski definition) is 2. The Morgan fingerprint density at radius 2 is 1.88 bits per heavy atom. The highest BCUT2D eigenvalue weighted by molar-refractivity contribution is 6.00. The Morgan fingerprint density at radius 3 is 2.54 bits per heavy atom. The molecule has 0 aliphatic rings. The van der Waals surface area contributed by atoms with Crippen LogP contribution in [0.25, 0.3) is 11.0 Å². The van der Waals surface area contributed by atoms with Crippen molar-refractivity contribution in [1.29, 1.82) is 0 Å². The lowest BCUT2D eigenvalue weighted by Crippen LogP contribution is -2.03. The molecule has 0 unspecified atom stereocenters. The van der Waals surface area contributed by atoms with Crippen LogP contribution in [0.3, 0.4) is 0 Å². The van der Waals surface area contributed by atoms with E-state index in [2.05, 4.69) is 20.9 Å². The standard InChI is InChI=1S/C16H17N5O3/c1-4-17-12-8-13(18-11-6-5-9(2)10(3)7-11)16(21(22)23)15-14(12)19-24-20-15/h5-8,17-18H,4H2,1-3H3. The maximum absolute atomic E-state index is 11.5. The van der Waals surface area contributed by atoms with Crippen LogP contribution in [0.1, 0.15) is 18.1 Å². The molecule has 8 heteroatoms. The van der Waals surface area contributed by atoms with E-state index < -0.39 is 4.92 Å². The molecule has 0 saturated carbocycles. The Labute approximate surface area is 138 Å². The molecule has 1 heterocycles. The van der Waals surface area contributed by atoms with Gasteiger partial charge in [0.1, 0.15) is 5.69 Å². The topological polar surface area (TPSA) is 106 Å². The van der Waals surface area contributed by atoms with Gasteiger partial charge < -0.3 is 10.6 Å². The molecule has 2 N–H and O–H groups in total. The van der Waals surface area contributed by atoms with Crippen molar-refractivity contribution in [3.8, 4) is 0 Å². The SMILES string of the molecule is CCNc1cc(Nc2ccc(C)c(C)c2)c([N+](=O)[O-])c2nonc12. The van der Waals surface area contributed by atoms with E-state index >= 15 is 0 Å². The molecular weight excluding hydrogens is 310 g/mol. The number of fused-ring (bicyclic) bond motifs is 1. The third kappa shape index (κ3) is 2.73. The Morgan fingerprint density at radius 1 is 1.12 bits per heavy atom. The number of nitro groups is 1. The van der Waals surface area contributed by atoms with Gasteiger partial charge in [-0.05, 0) is 60.4 Å². The Bertz CT molecular complexity index is 919. The van der Waals surface area contributed by atoms with Crippen LogP contribution in [0.4, 0.5) is 22.7 Å². The molecule has 0 saturated heterocycles. The van der Waals surface area contributed by atoms with Gasteiger partial charge in [0.05, 0.1) is 10.6 Å². The quantitative estimate of drug-likeness (QED) is 0.540. The van der Waals surface area contributed by atoms with E-state index in [9.17, 15) is 10.1 Å². The van der Waals surface area contributed by atoms with Gasteiger partial charge in [0, 0.05) is 12.2 Å². The molecule has 0 aliphatic heterocycles. The largest absolute Gasteiger partial charge is 0.383 e. The fraction of sp³-hybridized carbons (Fsp3) is 0.250. The molecular formula is C16H17N5O3. The summed E-state index contributed by atoms with van der Waals surface area (Å²) < 4.78 is 4.71. The van der Waals surface area contributed by atoms with Crippen molar-refractivity contribution in [2.75, 3.05) is 17.2 Å². The number of nitro benzene ring substituents is 1. The second kappa shape index (κ2) is 6.15. The first-order valence-electron chi connectivity index (χ1n) is 7.53. The van der Waals surface area contributed by atoms with Crippen LogP contribution in [-0.4, -0.2) is 21.8 Å². The predicted molar refractivity (Wildman–Crippen MR) is 91.8 cm³/mol. The van der Waals surface area contributed by atoms with Crippen molar-refractivity contribution in [3.05, 3.63) is 45.5 Å². The second-order valence-corrected chi connectivity index (χ2v) is 5.49. The fourth-order valence-corrected chi connectivity index (χ4v) is 2.51. The average Bonchev–Trinajstić information content (AvgIpc) is 3.00. The van der Waals surface area contributed by atoms with Crippen LogP contribution in [0.2, 0.25) is 0 Å². The van der Waals surface area contributed by atoms with Crippen molar-refractivity contribution in [3.63, 3.8) is 0 Å². The zero-order valence-electron chi connectivity index (χ0n) is 13.6. The average molecular weight is 327 g/mol. The van der Waals surface area contributed by atoms with Crippen molar-refractivity contribution < 1.29 is 9.55 Å². The van der Waals surface area contributed by atoms with Crippen LogP contribution in [0, 0.1) is 24.0 Å². The molecule has 0 radical (unpaired) electrons. The number of aromatic nitrogens is 2. The summed E-state index contributed by atoms with van der Waals surface area (Å²) in [6.07, 6.45) is 0. The molecule has 0 atom stereocenters. The maximum Gasteiger partial charge on any atom is 0.324 e. The summed E-state index contributed by atoms with van der Waals surface area (Å²) in [5, 5.41) is 25.3. The first kappa shape index (κ1) is 15.7. The fourth-order valence-electron chi connectivity index (χ4n) is 2.51. The highest BCUT2D eigenvalue weighted by Crippen LogP contribution is 2.38. The maximum atomic E-state index is 11.5. The highest BCUT2D eigenvalue weighted by atomic mass is 16.6. The van der Waals surface area contributed by atoms with Crippen LogP contribution in [-0.2, 0) is 0 Å². The second-order valence-electron chi connectivity index (χ2n) is 5.49. The van der Waals surface area contributed by atoms with Gasteiger partial charge in [-0.25, -0.2) is 4.63 Å². The summed E-state index contributed by atoms with van der Waals surface area (Å²) in [6, 6.07) is 7.44. The number of aryl methyl sites for hydroxylation is 2. The smallest absolute Gasteiger partial charge is 0.324 e. The number of nitrogens with one attached hydrogen (secondary N) is 2. The van der Waals surface area contributed by atoms with E-state index in [-0.39, 0.29) is 11.2 Å². The third-order valence-electron chi connectivity index (χ3n) is 3.85. The van der Waals surface area contributed by atoms with E-state index in [1.165, 1.54) is 0 Å². The van der Waals surface area contributed by atoms with Gasteiger partial charge >= 0.3 is 5.69 Å². The molecule has 2 aromatic carbocycles. The highest BCUT2D eigenvalue weighted by Gasteiger charge is 2.25. The summed E-state index contributed by atoms with van der Waals surface area (Å²) in [4.78, 5) is 11.1. The van der Waals surface area contributed by atoms with Crippen molar-refractivity contribution in [1.82, 2.24) is 10.3 Å². The molecule has 124 valence electrons. The molecule has 1 aromatic heterocycles. The van der Waals surface area contributed by atoms with Crippen LogP contribution >= 0.6 is 0 Å². The van der Waals surface area contributed by atoms with Gasteiger partial charge in [-0.15, -0.1) is 0 Å². The van der Waals surface area contributed by atoms with E-state index in [0.717, 1.165) is 16.8 Å². The summed E-state index contributed by atoms with van der Waals surface area (Å²) >= 11 is 0. The lowest BCUT2D eigenvalue weighted by Gasteiger charge is -2.11. The Hall–Kier alpha value is -3.16. The number of benzene rings is 2. The minimum Gasteiger partial charge on any atom is -0.383 e. The lowest BCUT2D eigenvalue weighted by atomic mass is 10.1. The van der Waals surface area contributed by atoms with Crippen LogP contribution < -0.4 is 10.6 Å². The van der Waals surface area contributed by atoms with E-state index in [0.29, 0.717) is 23.4 Å². The van der Waals surface area contributed by atoms with E-state index in [4.69, 9.17) is 4.63 Å². The zero-order chi connectivity index (χ0) is 17.3. The molecule has 0 amide bonds. The van der Waals surface area contributed by atoms with Crippen molar-refractivity contribution in [2.45, 2.75) is 20.8 Å². The van der Waals surface area contributed by atoms with E-state index in [1.807, 2.05) is 39.0 Å². The summed E-state index contributed by atoms with van der Waals surface area (Å²) in [5.74, 6) is 0. The molecule has 0 spiro atoms. The van der Waals surface area contributed by atoms with Gasteiger partial charge in [-0.1, -0.05) is 6.07 Å². The van der Waals surface area contributed by atoms with Gasteiger partial charge in [-0.3, -0.25) is 10.1 Å². The van der Waals surface area contributed by atoms with Gasteiger partial charge in [0.15, 0.2) is 5.52 Å². The lowest BCUT2D eigenvalue weighted by molar-refractivity contribution is -0.382. The molecule has 0 bridgehead atoms. The van der Waals surface area contributed by atoms with Crippen molar-refractivity contribution >= 4 is 33.8 Å². The minimum atomic E-state index is -0.481. The number of anilines is 3. The number of hydrogen-bond acceptors (Lipinski definition) is 7. The van der Waals surface area contributed by atoms with Gasteiger partial charge in [-0.2, -0.15) is 0 Å². The zero-order valence-corrected chi connectivity index (χ0v) is 13.6. The molecule has 3 aromatic rings. The van der Waals surface area contributed by atoms with Crippen molar-refractivity contribution in [2.24, 2.45) is 0 Å². The van der Waals surface area contributed by atoms with Crippen LogP contribution in [0.15, 0.2) is 28.9 Å². The summed E-state index contributed by atoms with van der Waals surface area (Å²) in [7, 11) is 0. The normalized spacial score (nSPS) is 10.8. The first-order valence-corrected chi connectivity index (χ1v) is 7.53.